The summed E-state index contributed by atoms with van der Waals surface area (Å²) in [6.07, 6.45) is 1.29. The molecule has 1 saturated heterocycles. The molecule has 1 N–H and O–H groups in total. The van der Waals surface area contributed by atoms with Crippen LogP contribution in [0.3, 0.4) is 0 Å². The van der Waals surface area contributed by atoms with Gasteiger partial charge in [-0.2, -0.15) is 0 Å². The maximum Gasteiger partial charge on any atom is 2.00 e. The Kier molecular flexibility index (Phi) is 4.62. The Labute approximate surface area is 84.0 Å². The minimum atomic E-state index is -0.775. The van der Waals surface area contributed by atoms with Crippen molar-refractivity contribution in [1.29, 1.82) is 0 Å². The number of hydrogen-bond acceptors (Lipinski definition) is 1. The zero-order valence-corrected chi connectivity index (χ0v) is 7.55. The first kappa shape index (κ1) is 9.53. The predicted molar refractivity (Wildman–Crippen MR) is 34.6 cm³/mol. The molecule has 1 aliphatic heterocycles. The molecule has 0 aromatic heterocycles. The van der Waals surface area contributed by atoms with Crippen LogP contribution < -0.4 is 0 Å². The molecule has 9 heavy (non-hydrogen) atoms. The Morgan fingerprint density at radius 1 is 1.33 bits per heavy atom. The van der Waals surface area contributed by atoms with E-state index in [0.29, 0.717) is 0 Å². The summed E-state index contributed by atoms with van der Waals surface area (Å²) in [7, 11) is 0. The smallest absolute Gasteiger partial charge is 0.465 e. The Hall–Kier alpha value is 0.530. The van der Waals surface area contributed by atoms with Gasteiger partial charge in [0.15, 0.2) is 0 Å². The van der Waals surface area contributed by atoms with Gasteiger partial charge in [0.25, 0.3) is 0 Å². The Morgan fingerprint density at radius 2 is 1.78 bits per heavy atom. The molecule has 0 radical (unpaired) electrons. The maximum absolute atomic E-state index is 10.1. The summed E-state index contributed by atoms with van der Waals surface area (Å²) in [4.78, 5) is 11.6. The second-order valence-corrected chi connectivity index (χ2v) is 1.98. The van der Waals surface area contributed by atoms with Gasteiger partial charge in [-0.25, -0.2) is 4.79 Å². The van der Waals surface area contributed by atoms with Gasteiger partial charge in [-0.15, -0.1) is 0 Å². The van der Waals surface area contributed by atoms with Crippen molar-refractivity contribution < 1.29 is 9.90 Å². The van der Waals surface area contributed by atoms with E-state index in [1.54, 1.807) is 0 Å². The average Bonchev–Trinajstić information content (AvgIpc) is 2.12. The molecule has 4 heteroatoms. The molecule has 0 bridgehead atoms. The summed E-state index contributed by atoms with van der Waals surface area (Å²) in [5.41, 5.74) is 0. The van der Waals surface area contributed by atoms with Gasteiger partial charge in [-0.1, -0.05) is 0 Å². The second-order valence-electron chi connectivity index (χ2n) is 1.98. The van der Waals surface area contributed by atoms with Gasteiger partial charge >= 0.3 is 43.8 Å². The van der Waals surface area contributed by atoms with Crippen molar-refractivity contribution in [3.8, 4) is 0 Å². The molecule has 1 amide bonds. The van der Waals surface area contributed by atoms with E-state index in [1.165, 1.54) is 4.90 Å². The first-order chi connectivity index (χ1) is 3.80. The maximum atomic E-state index is 10.1. The van der Waals surface area contributed by atoms with Gasteiger partial charge in [0, 0.05) is 13.1 Å². The minimum absolute atomic E-state index is 0. The first-order valence-electron chi connectivity index (χ1n) is 2.78. The quantitative estimate of drug-likeness (QED) is 0.514. The van der Waals surface area contributed by atoms with Crippen LogP contribution in [0.1, 0.15) is 12.8 Å². The van der Waals surface area contributed by atoms with Crippen LogP contribution in [-0.2, 0) is 0 Å². The van der Waals surface area contributed by atoms with Crippen LogP contribution in [0.2, 0.25) is 0 Å². The average molecular weight is 155 g/mol. The molecule has 0 aliphatic carbocycles. The molecule has 0 spiro atoms. The monoisotopic (exact) mass is 155 g/mol. The molecule has 0 atom stereocenters. The third-order valence-electron chi connectivity index (χ3n) is 1.38. The molecular formula is C5H9CaNO2+2. The molecule has 0 unspecified atom stereocenters. The standard InChI is InChI=1S/C5H9NO2.Ca/c7-5(8)6-3-1-2-4-6;/h1-4H2,(H,7,8);/q;+2. The van der Waals surface area contributed by atoms with Crippen LogP contribution >= 0.6 is 0 Å². The largest absolute Gasteiger partial charge is 2.00 e. The van der Waals surface area contributed by atoms with E-state index in [-0.39, 0.29) is 37.7 Å². The Morgan fingerprint density at radius 3 is 2.00 bits per heavy atom. The molecule has 46 valence electrons. The van der Waals surface area contributed by atoms with Crippen LogP contribution in [0.15, 0.2) is 0 Å². The van der Waals surface area contributed by atoms with Crippen LogP contribution in [0.25, 0.3) is 0 Å². The van der Waals surface area contributed by atoms with Gasteiger partial charge in [-0.3, -0.25) is 0 Å². The molecule has 1 rings (SSSR count). The molecule has 1 heterocycles. The summed E-state index contributed by atoms with van der Waals surface area (Å²) in [5, 5.41) is 8.34. The summed E-state index contributed by atoms with van der Waals surface area (Å²) in [6, 6.07) is 0. The Bertz CT molecular complexity index is 101. The fourth-order valence-corrected chi connectivity index (χ4v) is 0.908. The van der Waals surface area contributed by atoms with Gasteiger partial charge in [0.1, 0.15) is 0 Å². The topological polar surface area (TPSA) is 40.5 Å². The Balaban J connectivity index is 0.000000640. The molecule has 0 aromatic rings. The molecule has 1 aliphatic rings. The fourth-order valence-electron chi connectivity index (χ4n) is 0.908. The number of likely N-dealkylation sites (tertiary alicyclic amines) is 1. The van der Waals surface area contributed by atoms with E-state index < -0.39 is 6.09 Å². The number of nitrogens with zero attached hydrogens (tertiary/aromatic N) is 1. The van der Waals surface area contributed by atoms with E-state index >= 15 is 0 Å². The summed E-state index contributed by atoms with van der Waals surface area (Å²) >= 11 is 0. The molecule has 3 nitrogen and oxygen atoms in total. The number of rotatable bonds is 0. The van der Waals surface area contributed by atoms with Crippen molar-refractivity contribution in [3.63, 3.8) is 0 Å². The molecule has 0 saturated carbocycles. The van der Waals surface area contributed by atoms with Crippen molar-refractivity contribution in [1.82, 2.24) is 4.90 Å². The van der Waals surface area contributed by atoms with Crippen molar-refractivity contribution in [2.24, 2.45) is 0 Å². The normalized spacial score (nSPS) is 17.1. The summed E-state index contributed by atoms with van der Waals surface area (Å²) in [5.74, 6) is 0. The van der Waals surface area contributed by atoms with Gasteiger partial charge in [0.05, 0.1) is 0 Å². The number of carbonyl (C=O) groups is 1. The van der Waals surface area contributed by atoms with Crippen LogP contribution in [-0.4, -0.2) is 66.9 Å². The van der Waals surface area contributed by atoms with Crippen LogP contribution in [0.5, 0.6) is 0 Å². The van der Waals surface area contributed by atoms with Crippen LogP contribution in [0.4, 0.5) is 4.79 Å². The fraction of sp³-hybridized carbons (Fsp3) is 0.800. The van der Waals surface area contributed by atoms with E-state index in [0.717, 1.165) is 25.9 Å². The second kappa shape index (κ2) is 4.36. The van der Waals surface area contributed by atoms with E-state index in [2.05, 4.69) is 0 Å². The number of hydrogen-bond donors (Lipinski definition) is 1. The molecule has 0 aromatic carbocycles. The van der Waals surface area contributed by atoms with E-state index in [1.807, 2.05) is 0 Å². The van der Waals surface area contributed by atoms with E-state index in [4.69, 9.17) is 5.11 Å². The molecule has 1 fully saturated rings. The third-order valence-corrected chi connectivity index (χ3v) is 1.38. The third kappa shape index (κ3) is 2.74. The SMILES string of the molecule is O=C(O)N1CCCC1.[Ca+2]. The number of amides is 1. The van der Waals surface area contributed by atoms with Gasteiger partial charge in [-0.05, 0) is 12.8 Å². The van der Waals surface area contributed by atoms with Crippen LogP contribution in [0, 0.1) is 0 Å². The van der Waals surface area contributed by atoms with Gasteiger partial charge in [0.2, 0.25) is 0 Å². The zero-order chi connectivity index (χ0) is 5.98. The van der Waals surface area contributed by atoms with E-state index in [9.17, 15) is 4.79 Å². The predicted octanol–water partition coefficient (Wildman–Crippen LogP) is 0.379. The molecular weight excluding hydrogens is 146 g/mol. The summed E-state index contributed by atoms with van der Waals surface area (Å²) < 4.78 is 0. The van der Waals surface area contributed by atoms with Crippen molar-refractivity contribution in [2.45, 2.75) is 12.8 Å². The number of carboxylic acid groups (broad SMARTS) is 1. The minimum Gasteiger partial charge on any atom is -0.465 e. The van der Waals surface area contributed by atoms with Crippen molar-refractivity contribution in [2.75, 3.05) is 13.1 Å². The first-order valence-corrected chi connectivity index (χ1v) is 2.78. The van der Waals surface area contributed by atoms with Crippen molar-refractivity contribution >= 4 is 43.8 Å². The zero-order valence-electron chi connectivity index (χ0n) is 5.34. The van der Waals surface area contributed by atoms with Gasteiger partial charge < -0.3 is 10.0 Å². The van der Waals surface area contributed by atoms with Crippen molar-refractivity contribution in [3.05, 3.63) is 0 Å². The summed E-state index contributed by atoms with van der Waals surface area (Å²) in [6.45, 7) is 1.46.